The van der Waals surface area contributed by atoms with Crippen molar-refractivity contribution in [2.45, 2.75) is 38.5 Å². The lowest BCUT2D eigenvalue weighted by atomic mass is 9.99. The summed E-state index contributed by atoms with van der Waals surface area (Å²) in [6.07, 6.45) is 4.08. The molecule has 2 unspecified atom stereocenters. The van der Waals surface area contributed by atoms with Gasteiger partial charge in [-0.3, -0.25) is 5.10 Å². The smallest absolute Gasteiger partial charge is 0.123 e. The van der Waals surface area contributed by atoms with Crippen LogP contribution in [0.25, 0.3) is 0 Å². The van der Waals surface area contributed by atoms with Crippen LogP contribution in [0.15, 0.2) is 30.5 Å². The van der Waals surface area contributed by atoms with Crippen molar-refractivity contribution in [3.05, 3.63) is 53.1 Å². The second-order valence-electron chi connectivity index (χ2n) is 5.48. The van der Waals surface area contributed by atoms with E-state index in [2.05, 4.69) is 15.5 Å². The minimum absolute atomic E-state index is 0.0717. The lowest BCUT2D eigenvalue weighted by Crippen LogP contribution is -2.31. The Hall–Kier alpha value is -1.72. The summed E-state index contributed by atoms with van der Waals surface area (Å²) in [7, 11) is 0. The molecule has 4 nitrogen and oxygen atoms in total. The van der Waals surface area contributed by atoms with Crippen molar-refractivity contribution in [2.75, 3.05) is 6.61 Å². The van der Waals surface area contributed by atoms with Crippen molar-refractivity contribution in [3.8, 4) is 0 Å². The molecule has 1 fully saturated rings. The zero-order valence-electron chi connectivity index (χ0n) is 12.1. The van der Waals surface area contributed by atoms with Gasteiger partial charge in [-0.25, -0.2) is 4.39 Å². The van der Waals surface area contributed by atoms with E-state index in [1.807, 2.05) is 25.3 Å². The SMILES string of the molecule is Cc1[nH]ncc1CNC(c1ccc(F)cc1)C1CCCO1. The molecule has 21 heavy (non-hydrogen) atoms. The van der Waals surface area contributed by atoms with Crippen LogP contribution in [0.1, 0.15) is 35.7 Å². The van der Waals surface area contributed by atoms with Crippen LogP contribution in [-0.4, -0.2) is 22.9 Å². The van der Waals surface area contributed by atoms with Crippen LogP contribution in [0.3, 0.4) is 0 Å². The van der Waals surface area contributed by atoms with Gasteiger partial charge < -0.3 is 10.1 Å². The summed E-state index contributed by atoms with van der Waals surface area (Å²) in [5, 5.41) is 10.5. The van der Waals surface area contributed by atoms with Crippen LogP contribution in [0.5, 0.6) is 0 Å². The molecule has 0 bridgehead atoms. The summed E-state index contributed by atoms with van der Waals surface area (Å²) in [6, 6.07) is 6.74. The van der Waals surface area contributed by atoms with E-state index in [-0.39, 0.29) is 18.0 Å². The molecular weight excluding hydrogens is 269 g/mol. The maximum absolute atomic E-state index is 13.1. The Balaban J connectivity index is 1.75. The molecule has 1 aliphatic heterocycles. The number of aryl methyl sites for hydroxylation is 1. The number of hydrogen-bond acceptors (Lipinski definition) is 3. The second-order valence-corrected chi connectivity index (χ2v) is 5.48. The van der Waals surface area contributed by atoms with E-state index in [1.165, 1.54) is 12.1 Å². The van der Waals surface area contributed by atoms with Crippen LogP contribution < -0.4 is 5.32 Å². The normalized spacial score (nSPS) is 19.8. The Labute approximate surface area is 123 Å². The molecule has 0 aliphatic carbocycles. The van der Waals surface area contributed by atoms with E-state index in [0.717, 1.165) is 36.3 Å². The van der Waals surface area contributed by atoms with Gasteiger partial charge in [0, 0.05) is 24.4 Å². The van der Waals surface area contributed by atoms with Crippen LogP contribution in [-0.2, 0) is 11.3 Å². The van der Waals surface area contributed by atoms with E-state index in [9.17, 15) is 4.39 Å². The summed E-state index contributed by atoms with van der Waals surface area (Å²) in [5.41, 5.74) is 3.26. The molecule has 1 aromatic carbocycles. The van der Waals surface area contributed by atoms with Gasteiger partial charge in [0.2, 0.25) is 0 Å². The monoisotopic (exact) mass is 289 g/mol. The number of rotatable bonds is 5. The van der Waals surface area contributed by atoms with E-state index < -0.39 is 0 Å². The van der Waals surface area contributed by atoms with E-state index >= 15 is 0 Å². The minimum Gasteiger partial charge on any atom is -0.376 e. The number of ether oxygens (including phenoxy) is 1. The predicted molar refractivity (Wildman–Crippen MR) is 78.3 cm³/mol. The summed E-state index contributed by atoms with van der Waals surface area (Å²) in [5.74, 6) is -0.212. The van der Waals surface area contributed by atoms with Gasteiger partial charge in [-0.15, -0.1) is 0 Å². The molecule has 112 valence electrons. The largest absolute Gasteiger partial charge is 0.376 e. The van der Waals surface area contributed by atoms with Gasteiger partial charge in [0.15, 0.2) is 0 Å². The number of nitrogens with zero attached hydrogens (tertiary/aromatic N) is 1. The fraction of sp³-hybridized carbons (Fsp3) is 0.438. The number of benzene rings is 1. The van der Waals surface area contributed by atoms with Gasteiger partial charge in [-0.2, -0.15) is 5.10 Å². The maximum Gasteiger partial charge on any atom is 0.123 e. The highest BCUT2D eigenvalue weighted by Crippen LogP contribution is 2.27. The van der Waals surface area contributed by atoms with Gasteiger partial charge in [-0.1, -0.05) is 12.1 Å². The van der Waals surface area contributed by atoms with Crippen molar-refractivity contribution in [1.82, 2.24) is 15.5 Å². The van der Waals surface area contributed by atoms with Gasteiger partial charge in [0.05, 0.1) is 18.3 Å². The fourth-order valence-corrected chi connectivity index (χ4v) is 2.77. The Kier molecular flexibility index (Phi) is 4.31. The zero-order chi connectivity index (χ0) is 14.7. The van der Waals surface area contributed by atoms with Crippen molar-refractivity contribution in [2.24, 2.45) is 0 Å². The maximum atomic E-state index is 13.1. The molecule has 3 rings (SSSR count). The number of H-pyrrole nitrogens is 1. The Morgan fingerprint density at radius 2 is 2.24 bits per heavy atom. The predicted octanol–water partition coefficient (Wildman–Crippen LogP) is 2.87. The fourth-order valence-electron chi connectivity index (χ4n) is 2.77. The highest BCUT2D eigenvalue weighted by molar-refractivity contribution is 5.22. The number of hydrogen-bond donors (Lipinski definition) is 2. The first-order valence-electron chi connectivity index (χ1n) is 7.33. The topological polar surface area (TPSA) is 49.9 Å². The molecule has 0 amide bonds. The molecule has 5 heteroatoms. The molecule has 1 aliphatic rings. The van der Waals surface area contributed by atoms with Gasteiger partial charge >= 0.3 is 0 Å². The number of nitrogens with one attached hydrogen (secondary N) is 2. The summed E-state index contributed by atoms with van der Waals surface area (Å²) in [4.78, 5) is 0. The second kappa shape index (κ2) is 6.37. The van der Waals surface area contributed by atoms with Gasteiger partial charge in [-0.05, 0) is 37.5 Å². The molecule has 1 saturated heterocycles. The average Bonchev–Trinajstić information content (AvgIpc) is 3.13. The number of halogens is 1. The average molecular weight is 289 g/mol. The third-order valence-electron chi connectivity index (χ3n) is 4.01. The molecule has 0 spiro atoms. The van der Waals surface area contributed by atoms with Crippen LogP contribution in [0.2, 0.25) is 0 Å². The van der Waals surface area contributed by atoms with Crippen molar-refractivity contribution in [1.29, 1.82) is 0 Å². The number of aromatic amines is 1. The zero-order valence-corrected chi connectivity index (χ0v) is 12.1. The standard InChI is InChI=1S/C16H20FN3O/c1-11-13(10-19-20-11)9-18-16(15-3-2-8-21-15)12-4-6-14(17)7-5-12/h4-7,10,15-16,18H,2-3,8-9H2,1H3,(H,19,20). The molecular formula is C16H20FN3O. The molecule has 1 aromatic heterocycles. The van der Waals surface area contributed by atoms with E-state index in [4.69, 9.17) is 4.74 Å². The van der Waals surface area contributed by atoms with E-state index in [1.54, 1.807) is 0 Å². The lowest BCUT2D eigenvalue weighted by Gasteiger charge is -2.25. The van der Waals surface area contributed by atoms with Crippen LogP contribution >= 0.6 is 0 Å². The molecule has 0 saturated carbocycles. The minimum atomic E-state index is -0.212. The first-order valence-corrected chi connectivity index (χ1v) is 7.33. The highest BCUT2D eigenvalue weighted by atomic mass is 19.1. The Morgan fingerprint density at radius 1 is 1.43 bits per heavy atom. The Morgan fingerprint density at radius 3 is 2.86 bits per heavy atom. The molecule has 2 atom stereocenters. The van der Waals surface area contributed by atoms with Crippen molar-refractivity contribution in [3.63, 3.8) is 0 Å². The van der Waals surface area contributed by atoms with Crippen LogP contribution in [0.4, 0.5) is 4.39 Å². The lowest BCUT2D eigenvalue weighted by molar-refractivity contribution is 0.0775. The third kappa shape index (κ3) is 3.31. The highest BCUT2D eigenvalue weighted by Gasteiger charge is 2.27. The number of aromatic nitrogens is 2. The summed E-state index contributed by atoms with van der Waals surface area (Å²) in [6.45, 7) is 3.52. The molecule has 2 aromatic rings. The third-order valence-corrected chi connectivity index (χ3v) is 4.01. The Bertz CT molecular complexity index is 575. The first-order chi connectivity index (χ1) is 10.2. The summed E-state index contributed by atoms with van der Waals surface area (Å²) >= 11 is 0. The molecule has 2 heterocycles. The van der Waals surface area contributed by atoms with Gasteiger partial charge in [0.1, 0.15) is 5.82 Å². The van der Waals surface area contributed by atoms with Crippen molar-refractivity contribution < 1.29 is 9.13 Å². The molecule has 2 N–H and O–H groups in total. The van der Waals surface area contributed by atoms with Gasteiger partial charge in [0.25, 0.3) is 0 Å². The van der Waals surface area contributed by atoms with Crippen LogP contribution in [0, 0.1) is 12.7 Å². The summed E-state index contributed by atoms with van der Waals surface area (Å²) < 4.78 is 18.9. The molecule has 0 radical (unpaired) electrons. The van der Waals surface area contributed by atoms with E-state index in [0.29, 0.717) is 6.54 Å². The van der Waals surface area contributed by atoms with Crippen molar-refractivity contribution >= 4 is 0 Å². The first kappa shape index (κ1) is 14.2. The quantitative estimate of drug-likeness (QED) is 0.890.